The summed E-state index contributed by atoms with van der Waals surface area (Å²) < 4.78 is 0. The van der Waals surface area contributed by atoms with E-state index in [9.17, 15) is 0 Å². The van der Waals surface area contributed by atoms with Gasteiger partial charge in [0.2, 0.25) is 0 Å². The highest BCUT2D eigenvalue weighted by Gasteiger charge is 2.28. The van der Waals surface area contributed by atoms with Crippen molar-refractivity contribution in [2.24, 2.45) is 5.92 Å². The maximum atomic E-state index is 2.67. The Hall–Kier alpha value is -2.52. The van der Waals surface area contributed by atoms with E-state index in [0.717, 1.165) is 5.92 Å². The van der Waals surface area contributed by atoms with Gasteiger partial charge in [0.15, 0.2) is 0 Å². The molecule has 0 N–H and O–H groups in total. The van der Waals surface area contributed by atoms with Crippen LogP contribution in [0.15, 0.2) is 133 Å². The molecule has 0 radical (unpaired) electrons. The molecule has 1 aliphatic carbocycles. The summed E-state index contributed by atoms with van der Waals surface area (Å²) in [6, 6.07) is 44.9. The highest BCUT2D eigenvalue weighted by atomic mass is 31.1. The second-order valence-electron chi connectivity index (χ2n) is 10.2. The second-order valence-corrected chi connectivity index (χ2v) is 14.8. The molecule has 0 amide bonds. The lowest BCUT2D eigenvalue weighted by Crippen LogP contribution is -2.26. The molecule has 1 unspecified atom stereocenters. The van der Waals surface area contributed by atoms with Gasteiger partial charge in [0.25, 0.3) is 0 Å². The van der Waals surface area contributed by atoms with Crippen LogP contribution in [0.5, 0.6) is 0 Å². The third-order valence-electron chi connectivity index (χ3n) is 7.70. The van der Waals surface area contributed by atoms with Crippen molar-refractivity contribution in [2.45, 2.75) is 51.1 Å². The first kappa shape index (κ1) is 26.1. The lowest BCUT2D eigenvalue weighted by atomic mass is 9.87. The quantitative estimate of drug-likeness (QED) is 0.214. The van der Waals surface area contributed by atoms with Crippen LogP contribution in [0.3, 0.4) is 0 Å². The van der Waals surface area contributed by atoms with Gasteiger partial charge in [-0.1, -0.05) is 146 Å². The van der Waals surface area contributed by atoms with E-state index in [2.05, 4.69) is 134 Å². The van der Waals surface area contributed by atoms with E-state index in [0.29, 0.717) is 5.66 Å². The van der Waals surface area contributed by atoms with Crippen LogP contribution in [-0.2, 0) is 0 Å². The van der Waals surface area contributed by atoms with E-state index in [-0.39, 0.29) is 7.92 Å². The van der Waals surface area contributed by atoms with Crippen LogP contribution in [0, 0.1) is 5.92 Å². The number of hydrogen-bond acceptors (Lipinski definition) is 0. The Morgan fingerprint density at radius 1 is 0.568 bits per heavy atom. The van der Waals surface area contributed by atoms with Crippen molar-refractivity contribution < 1.29 is 0 Å². The van der Waals surface area contributed by atoms with Crippen molar-refractivity contribution in [3.63, 3.8) is 0 Å². The lowest BCUT2D eigenvalue weighted by molar-refractivity contribution is 0.405. The first-order valence-electron chi connectivity index (χ1n) is 13.8. The Balaban J connectivity index is 1.39. The van der Waals surface area contributed by atoms with E-state index in [4.69, 9.17) is 0 Å². The standard InChI is InChI=1S/C35H38P2/c1-29(37(34-22-10-4-11-23-34)35-24-12-5-13-25-35)31-17-15-14-16-30(26-27-31)28-36(32-18-6-2-7-19-32)33-20-8-3-9-21-33/h2-13,18-25,28-29,31H,14-17,26-27H2,1H3/b30-28+/t29-,31?/m1/s1. The molecular weight excluding hydrogens is 482 g/mol. The first-order valence-corrected chi connectivity index (χ1v) is 16.6. The number of rotatable bonds is 7. The minimum atomic E-state index is -0.467. The predicted octanol–water partition coefficient (Wildman–Crippen LogP) is 8.50. The Morgan fingerprint density at radius 2 is 1.03 bits per heavy atom. The SMILES string of the molecule is C[C@H](C1CCCC/C(=C\P(c2ccccc2)c2ccccc2)CC1)P(c1ccccc1)c1ccccc1. The molecule has 1 saturated carbocycles. The highest BCUT2D eigenvalue weighted by molar-refractivity contribution is 7.75. The minimum Gasteiger partial charge on any atom is -0.0691 e. The van der Waals surface area contributed by atoms with Crippen LogP contribution >= 0.6 is 15.8 Å². The third kappa shape index (κ3) is 6.87. The molecule has 0 heterocycles. The van der Waals surface area contributed by atoms with Crippen LogP contribution in [-0.4, -0.2) is 5.66 Å². The van der Waals surface area contributed by atoms with E-state index >= 15 is 0 Å². The van der Waals surface area contributed by atoms with E-state index in [1.165, 1.54) is 59.7 Å². The van der Waals surface area contributed by atoms with Crippen molar-refractivity contribution >= 4 is 37.1 Å². The molecule has 0 aliphatic heterocycles. The summed E-state index contributed by atoms with van der Waals surface area (Å²) in [5.74, 6) is 3.43. The van der Waals surface area contributed by atoms with Gasteiger partial charge in [0, 0.05) is 0 Å². The summed E-state index contributed by atoms with van der Waals surface area (Å²) in [4.78, 5) is 0. The lowest BCUT2D eigenvalue weighted by Gasteiger charge is -2.34. The van der Waals surface area contributed by atoms with Gasteiger partial charge in [-0.15, -0.1) is 0 Å². The van der Waals surface area contributed by atoms with Crippen molar-refractivity contribution in [2.75, 3.05) is 0 Å². The molecule has 0 bridgehead atoms. The van der Waals surface area contributed by atoms with E-state index < -0.39 is 7.92 Å². The van der Waals surface area contributed by atoms with E-state index in [1.54, 1.807) is 5.57 Å². The van der Waals surface area contributed by atoms with Crippen molar-refractivity contribution in [3.8, 4) is 0 Å². The van der Waals surface area contributed by atoms with Crippen molar-refractivity contribution in [1.29, 1.82) is 0 Å². The molecule has 0 nitrogen and oxygen atoms in total. The topological polar surface area (TPSA) is 0 Å². The van der Waals surface area contributed by atoms with E-state index in [1.807, 2.05) is 0 Å². The Labute approximate surface area is 226 Å². The monoisotopic (exact) mass is 520 g/mol. The minimum absolute atomic E-state index is 0.374. The summed E-state index contributed by atoms with van der Waals surface area (Å²) in [6.45, 7) is 2.54. The summed E-state index contributed by atoms with van der Waals surface area (Å²) in [5.41, 5.74) is 2.35. The maximum Gasteiger partial charge on any atom is -0.0129 e. The predicted molar refractivity (Wildman–Crippen MR) is 167 cm³/mol. The van der Waals surface area contributed by atoms with Crippen LogP contribution < -0.4 is 21.2 Å². The summed E-state index contributed by atoms with van der Waals surface area (Å²) in [6.07, 6.45) is 7.81. The highest BCUT2D eigenvalue weighted by Crippen LogP contribution is 2.47. The molecule has 0 spiro atoms. The number of benzene rings is 4. The van der Waals surface area contributed by atoms with Gasteiger partial charge in [-0.2, -0.15) is 0 Å². The van der Waals surface area contributed by atoms with Crippen LogP contribution in [0.4, 0.5) is 0 Å². The van der Waals surface area contributed by atoms with Gasteiger partial charge in [0.05, 0.1) is 0 Å². The molecule has 5 rings (SSSR count). The first-order chi connectivity index (χ1) is 18.3. The van der Waals surface area contributed by atoms with Gasteiger partial charge >= 0.3 is 0 Å². The molecule has 2 atom stereocenters. The van der Waals surface area contributed by atoms with Crippen LogP contribution in [0.1, 0.15) is 45.4 Å². The molecule has 188 valence electrons. The summed E-state index contributed by atoms with van der Waals surface area (Å²) >= 11 is 0. The van der Waals surface area contributed by atoms with Crippen molar-refractivity contribution in [1.82, 2.24) is 0 Å². The fourth-order valence-electron chi connectivity index (χ4n) is 5.68. The molecule has 0 saturated heterocycles. The average Bonchev–Trinajstić information content (AvgIpc) is 2.95. The Kier molecular flexibility index (Phi) is 9.40. The largest absolute Gasteiger partial charge is 0.0691 e. The zero-order chi connectivity index (χ0) is 25.3. The molecule has 2 heteroatoms. The summed E-state index contributed by atoms with van der Waals surface area (Å²) in [7, 11) is -0.841. The van der Waals surface area contributed by atoms with Crippen LogP contribution in [0.2, 0.25) is 0 Å². The maximum absolute atomic E-state index is 2.67. The Bertz CT molecular complexity index is 1160. The zero-order valence-corrected chi connectivity index (χ0v) is 23.7. The smallest absolute Gasteiger partial charge is 0.0129 e. The van der Waals surface area contributed by atoms with Crippen molar-refractivity contribution in [3.05, 3.63) is 133 Å². The molecule has 0 aromatic heterocycles. The third-order valence-corrected chi connectivity index (χ3v) is 13.0. The fourth-order valence-corrected chi connectivity index (χ4v) is 10.8. The molecule has 1 fully saturated rings. The molecule has 4 aromatic carbocycles. The molecular formula is C35H38P2. The zero-order valence-electron chi connectivity index (χ0n) is 21.9. The second kappa shape index (κ2) is 13.3. The van der Waals surface area contributed by atoms with Gasteiger partial charge in [0.1, 0.15) is 0 Å². The fraction of sp³-hybridized carbons (Fsp3) is 0.257. The van der Waals surface area contributed by atoms with Gasteiger partial charge in [-0.3, -0.25) is 0 Å². The van der Waals surface area contributed by atoms with Crippen LogP contribution in [0.25, 0.3) is 0 Å². The number of allylic oxidation sites excluding steroid dienone is 1. The number of hydrogen-bond donors (Lipinski definition) is 0. The van der Waals surface area contributed by atoms with Gasteiger partial charge in [-0.25, -0.2) is 0 Å². The average molecular weight is 521 g/mol. The van der Waals surface area contributed by atoms with Gasteiger partial charge in [-0.05, 0) is 80.7 Å². The molecule has 37 heavy (non-hydrogen) atoms. The molecule has 4 aromatic rings. The van der Waals surface area contributed by atoms with Gasteiger partial charge < -0.3 is 0 Å². The normalized spacial score (nSPS) is 18.5. The summed E-state index contributed by atoms with van der Waals surface area (Å²) in [5, 5.41) is 5.95. The Morgan fingerprint density at radius 3 is 1.51 bits per heavy atom. The molecule has 1 aliphatic rings.